The summed E-state index contributed by atoms with van der Waals surface area (Å²) in [5.41, 5.74) is 3.22. The van der Waals surface area contributed by atoms with E-state index < -0.39 is 0 Å². The number of hydrogen-bond acceptors (Lipinski definition) is 3. The summed E-state index contributed by atoms with van der Waals surface area (Å²) in [6.07, 6.45) is 1.87. The van der Waals surface area contributed by atoms with E-state index in [0.717, 1.165) is 28.4 Å². The zero-order valence-electron chi connectivity index (χ0n) is 11.8. The highest BCUT2D eigenvalue weighted by Gasteiger charge is 2.00. The van der Waals surface area contributed by atoms with E-state index in [1.165, 1.54) is 0 Å². The highest BCUT2D eigenvalue weighted by Crippen LogP contribution is 2.22. The Morgan fingerprint density at radius 2 is 1.71 bits per heavy atom. The minimum Gasteiger partial charge on any atom is -0.497 e. The Labute approximate surface area is 124 Å². The van der Waals surface area contributed by atoms with Crippen LogP contribution in [0.25, 0.3) is 11.1 Å². The van der Waals surface area contributed by atoms with Crippen molar-refractivity contribution >= 4 is 11.5 Å². The molecule has 0 aliphatic heterocycles. The standard InChI is InChI=1S/C18H16N2O/c1-21-17-9-5-8-16(12-17)20-18-11-10-15(13-19-18)14-6-3-2-4-7-14/h2-13H,1H3,(H,19,20). The van der Waals surface area contributed by atoms with Crippen LogP contribution in [0.2, 0.25) is 0 Å². The molecule has 0 unspecified atom stereocenters. The largest absolute Gasteiger partial charge is 0.497 e. The van der Waals surface area contributed by atoms with Gasteiger partial charge < -0.3 is 10.1 Å². The van der Waals surface area contributed by atoms with Crippen molar-refractivity contribution in [2.75, 3.05) is 12.4 Å². The van der Waals surface area contributed by atoms with Gasteiger partial charge in [0.05, 0.1) is 7.11 Å². The second kappa shape index (κ2) is 6.09. The molecule has 1 N–H and O–H groups in total. The minimum absolute atomic E-state index is 0.808. The van der Waals surface area contributed by atoms with E-state index in [1.54, 1.807) is 7.11 Å². The Morgan fingerprint density at radius 3 is 2.43 bits per heavy atom. The Balaban J connectivity index is 1.78. The molecule has 0 bridgehead atoms. The number of benzene rings is 2. The molecule has 0 saturated heterocycles. The number of pyridine rings is 1. The maximum absolute atomic E-state index is 5.21. The van der Waals surface area contributed by atoms with E-state index in [2.05, 4.69) is 28.5 Å². The molecular weight excluding hydrogens is 260 g/mol. The van der Waals surface area contributed by atoms with Crippen LogP contribution in [0.15, 0.2) is 72.9 Å². The average molecular weight is 276 g/mol. The van der Waals surface area contributed by atoms with Gasteiger partial charge in [0, 0.05) is 23.5 Å². The number of anilines is 2. The fourth-order valence-corrected chi connectivity index (χ4v) is 2.12. The van der Waals surface area contributed by atoms with Crippen molar-refractivity contribution in [2.24, 2.45) is 0 Å². The molecular formula is C18H16N2O. The van der Waals surface area contributed by atoms with Crippen LogP contribution in [0, 0.1) is 0 Å². The van der Waals surface area contributed by atoms with Crippen LogP contribution in [0.1, 0.15) is 0 Å². The molecule has 0 aliphatic carbocycles. The van der Waals surface area contributed by atoms with Crippen molar-refractivity contribution in [3.63, 3.8) is 0 Å². The van der Waals surface area contributed by atoms with Crippen LogP contribution in [0.4, 0.5) is 11.5 Å². The van der Waals surface area contributed by atoms with Crippen molar-refractivity contribution in [1.29, 1.82) is 0 Å². The lowest BCUT2D eigenvalue weighted by Crippen LogP contribution is -1.94. The molecule has 104 valence electrons. The summed E-state index contributed by atoms with van der Waals surface area (Å²) >= 11 is 0. The Hall–Kier alpha value is -2.81. The first-order valence-corrected chi connectivity index (χ1v) is 6.78. The van der Waals surface area contributed by atoms with Gasteiger partial charge in [0.2, 0.25) is 0 Å². The van der Waals surface area contributed by atoms with Crippen LogP contribution in [-0.2, 0) is 0 Å². The first-order chi connectivity index (χ1) is 10.3. The van der Waals surface area contributed by atoms with Crippen molar-refractivity contribution in [2.45, 2.75) is 0 Å². The third-order valence-electron chi connectivity index (χ3n) is 3.21. The zero-order valence-corrected chi connectivity index (χ0v) is 11.8. The molecule has 0 radical (unpaired) electrons. The molecule has 1 heterocycles. The van der Waals surface area contributed by atoms with E-state index >= 15 is 0 Å². The summed E-state index contributed by atoms with van der Waals surface area (Å²) in [6.45, 7) is 0. The third-order valence-corrected chi connectivity index (χ3v) is 3.21. The molecule has 0 fully saturated rings. The second-order valence-corrected chi connectivity index (χ2v) is 4.66. The zero-order chi connectivity index (χ0) is 14.5. The van der Waals surface area contributed by atoms with E-state index in [4.69, 9.17) is 4.74 Å². The molecule has 0 spiro atoms. The first-order valence-electron chi connectivity index (χ1n) is 6.78. The van der Waals surface area contributed by atoms with Gasteiger partial charge >= 0.3 is 0 Å². The predicted molar refractivity (Wildman–Crippen MR) is 85.9 cm³/mol. The summed E-state index contributed by atoms with van der Waals surface area (Å²) in [5, 5.41) is 3.27. The topological polar surface area (TPSA) is 34.1 Å². The van der Waals surface area contributed by atoms with Gasteiger partial charge in [0.25, 0.3) is 0 Å². The summed E-state index contributed by atoms with van der Waals surface area (Å²) < 4.78 is 5.21. The number of hydrogen-bond donors (Lipinski definition) is 1. The molecule has 3 aromatic rings. The predicted octanol–water partition coefficient (Wildman–Crippen LogP) is 4.50. The summed E-state index contributed by atoms with van der Waals surface area (Å²) in [4.78, 5) is 4.45. The van der Waals surface area contributed by atoms with E-state index in [9.17, 15) is 0 Å². The molecule has 2 aromatic carbocycles. The molecule has 0 aliphatic rings. The lowest BCUT2D eigenvalue weighted by atomic mass is 10.1. The Morgan fingerprint density at radius 1 is 0.857 bits per heavy atom. The molecule has 0 saturated carbocycles. The quantitative estimate of drug-likeness (QED) is 0.761. The second-order valence-electron chi connectivity index (χ2n) is 4.66. The van der Waals surface area contributed by atoms with Gasteiger partial charge in [-0.25, -0.2) is 4.98 Å². The number of nitrogens with zero attached hydrogens (tertiary/aromatic N) is 1. The van der Waals surface area contributed by atoms with Gasteiger partial charge in [0.1, 0.15) is 11.6 Å². The smallest absolute Gasteiger partial charge is 0.130 e. The van der Waals surface area contributed by atoms with Crippen molar-refractivity contribution in [1.82, 2.24) is 4.98 Å². The van der Waals surface area contributed by atoms with Crippen LogP contribution in [0.3, 0.4) is 0 Å². The lowest BCUT2D eigenvalue weighted by Gasteiger charge is -2.08. The van der Waals surface area contributed by atoms with Gasteiger partial charge in [-0.1, -0.05) is 36.4 Å². The van der Waals surface area contributed by atoms with E-state index in [1.807, 2.05) is 54.7 Å². The highest BCUT2D eigenvalue weighted by molar-refractivity contribution is 5.65. The van der Waals surface area contributed by atoms with Crippen LogP contribution in [-0.4, -0.2) is 12.1 Å². The molecule has 3 heteroatoms. The first kappa shape index (κ1) is 13.2. The van der Waals surface area contributed by atoms with Crippen molar-refractivity contribution in [3.8, 4) is 16.9 Å². The summed E-state index contributed by atoms with van der Waals surface area (Å²) in [6, 6.07) is 22.0. The van der Waals surface area contributed by atoms with Gasteiger partial charge in [0.15, 0.2) is 0 Å². The molecule has 1 aromatic heterocycles. The third kappa shape index (κ3) is 3.20. The molecule has 3 nitrogen and oxygen atoms in total. The van der Waals surface area contributed by atoms with Crippen molar-refractivity contribution in [3.05, 3.63) is 72.9 Å². The van der Waals surface area contributed by atoms with Gasteiger partial charge in [-0.2, -0.15) is 0 Å². The highest BCUT2D eigenvalue weighted by atomic mass is 16.5. The fourth-order valence-electron chi connectivity index (χ4n) is 2.12. The number of ether oxygens (including phenoxy) is 1. The number of nitrogens with one attached hydrogen (secondary N) is 1. The van der Waals surface area contributed by atoms with Gasteiger partial charge in [-0.15, -0.1) is 0 Å². The lowest BCUT2D eigenvalue weighted by molar-refractivity contribution is 0.415. The number of methoxy groups -OCH3 is 1. The summed E-state index contributed by atoms with van der Waals surface area (Å²) in [5.74, 6) is 1.63. The maximum Gasteiger partial charge on any atom is 0.130 e. The Kier molecular flexibility index (Phi) is 3.83. The molecule has 21 heavy (non-hydrogen) atoms. The minimum atomic E-state index is 0.808. The normalized spacial score (nSPS) is 10.1. The average Bonchev–Trinajstić information content (AvgIpc) is 2.56. The summed E-state index contributed by atoms with van der Waals surface area (Å²) in [7, 11) is 1.66. The molecule has 0 amide bonds. The molecule has 3 rings (SSSR count). The number of aromatic nitrogens is 1. The maximum atomic E-state index is 5.21. The van der Waals surface area contributed by atoms with Crippen LogP contribution in [0.5, 0.6) is 5.75 Å². The Bertz CT molecular complexity index is 709. The van der Waals surface area contributed by atoms with E-state index in [0.29, 0.717) is 0 Å². The van der Waals surface area contributed by atoms with Crippen LogP contribution >= 0.6 is 0 Å². The van der Waals surface area contributed by atoms with Gasteiger partial charge in [-0.05, 0) is 29.8 Å². The van der Waals surface area contributed by atoms with Gasteiger partial charge in [-0.3, -0.25) is 0 Å². The molecule has 0 atom stereocenters. The van der Waals surface area contributed by atoms with E-state index in [-0.39, 0.29) is 0 Å². The fraction of sp³-hybridized carbons (Fsp3) is 0.0556. The number of rotatable bonds is 4. The SMILES string of the molecule is COc1cccc(Nc2ccc(-c3ccccc3)cn2)c1. The monoisotopic (exact) mass is 276 g/mol. The van der Waals surface area contributed by atoms with Crippen molar-refractivity contribution < 1.29 is 4.74 Å². The van der Waals surface area contributed by atoms with Crippen LogP contribution < -0.4 is 10.1 Å².